The first kappa shape index (κ1) is 13.1. The maximum absolute atomic E-state index is 12.6. The van der Waals surface area contributed by atoms with Crippen molar-refractivity contribution in [3.05, 3.63) is 35.5 Å². The highest BCUT2D eigenvalue weighted by molar-refractivity contribution is 6.06. The molecule has 5 N–H and O–H groups in total. The monoisotopic (exact) mass is 270 g/mol. The highest BCUT2D eigenvalue weighted by atomic mass is 19.4. The summed E-state index contributed by atoms with van der Waals surface area (Å²) in [7, 11) is 0. The van der Waals surface area contributed by atoms with Crippen molar-refractivity contribution in [2.45, 2.75) is 6.18 Å². The molecule has 2 aromatic rings. The maximum atomic E-state index is 12.6. The van der Waals surface area contributed by atoms with Gasteiger partial charge in [0.15, 0.2) is 0 Å². The predicted octanol–water partition coefficient (Wildman–Crippen LogP) is 1.44. The van der Waals surface area contributed by atoms with Crippen LogP contribution in [0.4, 0.5) is 18.9 Å². The van der Waals surface area contributed by atoms with Crippen LogP contribution in [0.5, 0.6) is 0 Å². The summed E-state index contributed by atoms with van der Waals surface area (Å²) in [4.78, 5) is 15.3. The summed E-state index contributed by atoms with van der Waals surface area (Å²) in [5.74, 6) is 4.24. The summed E-state index contributed by atoms with van der Waals surface area (Å²) >= 11 is 0. The van der Waals surface area contributed by atoms with Crippen LogP contribution in [0.3, 0.4) is 0 Å². The Morgan fingerprint density at radius 3 is 2.58 bits per heavy atom. The SMILES string of the molecule is NNC(=O)c1cnc2ccc(C(F)(F)F)cc2c1N. The summed E-state index contributed by atoms with van der Waals surface area (Å²) in [5, 5.41) is 0.0518. The lowest BCUT2D eigenvalue weighted by molar-refractivity contribution is -0.137. The van der Waals surface area contributed by atoms with E-state index in [1.807, 2.05) is 5.43 Å². The van der Waals surface area contributed by atoms with Crippen molar-refractivity contribution < 1.29 is 18.0 Å². The van der Waals surface area contributed by atoms with E-state index < -0.39 is 17.6 Å². The van der Waals surface area contributed by atoms with Crippen LogP contribution in [0.15, 0.2) is 24.4 Å². The number of pyridine rings is 1. The van der Waals surface area contributed by atoms with Crippen LogP contribution < -0.4 is 17.0 Å². The molecule has 1 aromatic heterocycles. The van der Waals surface area contributed by atoms with Crippen LogP contribution in [0, 0.1) is 0 Å². The number of carbonyl (C=O) groups is 1. The minimum Gasteiger partial charge on any atom is -0.397 e. The number of amides is 1. The lowest BCUT2D eigenvalue weighted by Gasteiger charge is -2.10. The average molecular weight is 270 g/mol. The van der Waals surface area contributed by atoms with E-state index in [0.29, 0.717) is 0 Å². The zero-order chi connectivity index (χ0) is 14.2. The Balaban J connectivity index is 2.69. The first-order valence-corrected chi connectivity index (χ1v) is 5.11. The Morgan fingerprint density at radius 2 is 2.00 bits per heavy atom. The summed E-state index contributed by atoms with van der Waals surface area (Å²) in [6.07, 6.45) is -3.33. The molecule has 0 aliphatic carbocycles. The van der Waals surface area contributed by atoms with Crippen molar-refractivity contribution >= 4 is 22.5 Å². The molecule has 8 heteroatoms. The van der Waals surface area contributed by atoms with Gasteiger partial charge in [-0.15, -0.1) is 0 Å². The number of benzene rings is 1. The Hall–Kier alpha value is -2.35. The van der Waals surface area contributed by atoms with Gasteiger partial charge in [-0.1, -0.05) is 0 Å². The number of nitrogen functional groups attached to an aromatic ring is 2. The first-order valence-electron chi connectivity index (χ1n) is 5.11. The van der Waals surface area contributed by atoms with Crippen molar-refractivity contribution in [2.75, 3.05) is 5.73 Å². The van der Waals surface area contributed by atoms with Crippen LogP contribution in [0.25, 0.3) is 10.9 Å². The van der Waals surface area contributed by atoms with Gasteiger partial charge in [0.1, 0.15) is 0 Å². The van der Waals surface area contributed by atoms with Gasteiger partial charge in [0, 0.05) is 11.6 Å². The van der Waals surface area contributed by atoms with E-state index >= 15 is 0 Å². The Labute approximate surface area is 105 Å². The molecule has 1 amide bonds. The molecular weight excluding hydrogens is 261 g/mol. The molecule has 19 heavy (non-hydrogen) atoms. The lowest BCUT2D eigenvalue weighted by atomic mass is 10.1. The molecule has 0 spiro atoms. The number of alkyl halides is 3. The second kappa shape index (κ2) is 4.39. The van der Waals surface area contributed by atoms with Gasteiger partial charge < -0.3 is 5.73 Å². The summed E-state index contributed by atoms with van der Waals surface area (Å²) < 4.78 is 37.8. The molecule has 0 aliphatic rings. The van der Waals surface area contributed by atoms with Crippen molar-refractivity contribution in [2.24, 2.45) is 5.84 Å². The van der Waals surface area contributed by atoms with Crippen LogP contribution in [0.1, 0.15) is 15.9 Å². The first-order chi connectivity index (χ1) is 8.84. The summed E-state index contributed by atoms with van der Waals surface area (Å²) in [6, 6.07) is 2.95. The fourth-order valence-electron chi connectivity index (χ4n) is 1.65. The van der Waals surface area contributed by atoms with Gasteiger partial charge in [0.25, 0.3) is 5.91 Å². The number of nitrogens with zero attached hydrogens (tertiary/aromatic N) is 1. The van der Waals surface area contributed by atoms with E-state index in [2.05, 4.69) is 4.98 Å². The highest BCUT2D eigenvalue weighted by Gasteiger charge is 2.30. The van der Waals surface area contributed by atoms with E-state index in [4.69, 9.17) is 11.6 Å². The highest BCUT2D eigenvalue weighted by Crippen LogP contribution is 2.33. The molecule has 0 saturated carbocycles. The number of fused-ring (bicyclic) bond motifs is 1. The molecule has 0 atom stereocenters. The van der Waals surface area contributed by atoms with Crippen molar-refractivity contribution in [1.82, 2.24) is 10.4 Å². The Bertz CT molecular complexity index is 654. The molecule has 0 fully saturated rings. The number of anilines is 1. The fraction of sp³-hybridized carbons (Fsp3) is 0.0909. The summed E-state index contributed by atoms with van der Waals surface area (Å²) in [6.45, 7) is 0. The second-order valence-corrected chi connectivity index (χ2v) is 3.79. The number of aromatic nitrogens is 1. The minimum absolute atomic E-state index is 0.0518. The number of rotatable bonds is 1. The number of nitrogens with two attached hydrogens (primary N) is 2. The molecule has 0 radical (unpaired) electrons. The van der Waals surface area contributed by atoms with E-state index in [9.17, 15) is 18.0 Å². The van der Waals surface area contributed by atoms with Crippen LogP contribution in [0.2, 0.25) is 0 Å². The average Bonchev–Trinajstić information content (AvgIpc) is 2.37. The number of hydrazine groups is 1. The number of carbonyl (C=O) groups excluding carboxylic acids is 1. The van der Waals surface area contributed by atoms with Crippen LogP contribution in [-0.2, 0) is 6.18 Å². The van der Waals surface area contributed by atoms with E-state index in [1.165, 1.54) is 6.07 Å². The quantitative estimate of drug-likeness (QED) is 0.415. The van der Waals surface area contributed by atoms with Gasteiger partial charge >= 0.3 is 6.18 Å². The van der Waals surface area contributed by atoms with E-state index in [1.54, 1.807) is 0 Å². The predicted molar refractivity (Wildman–Crippen MR) is 62.8 cm³/mol. The molecule has 5 nitrogen and oxygen atoms in total. The smallest absolute Gasteiger partial charge is 0.397 e. The standard InChI is InChI=1S/C11H9F3N4O/c12-11(13,14)5-1-2-8-6(3-5)9(15)7(4-17-8)10(19)18-16/h1-4H,16H2,(H2,15,17)(H,18,19). The van der Waals surface area contributed by atoms with Crippen molar-refractivity contribution in [3.8, 4) is 0 Å². The van der Waals surface area contributed by atoms with Gasteiger partial charge in [0.2, 0.25) is 0 Å². The third kappa shape index (κ3) is 2.29. The molecule has 1 heterocycles. The molecule has 0 bridgehead atoms. The third-order valence-corrected chi connectivity index (χ3v) is 2.61. The number of hydrogen-bond donors (Lipinski definition) is 3. The molecule has 2 rings (SSSR count). The second-order valence-electron chi connectivity index (χ2n) is 3.79. The molecule has 0 saturated heterocycles. The molecule has 0 unspecified atom stereocenters. The van der Waals surface area contributed by atoms with Crippen LogP contribution >= 0.6 is 0 Å². The van der Waals surface area contributed by atoms with E-state index in [0.717, 1.165) is 18.3 Å². The van der Waals surface area contributed by atoms with Gasteiger partial charge in [0.05, 0.1) is 22.3 Å². The molecule has 100 valence electrons. The summed E-state index contributed by atoms with van der Waals surface area (Å²) in [5.41, 5.74) is 6.76. The van der Waals surface area contributed by atoms with E-state index in [-0.39, 0.29) is 22.2 Å². The maximum Gasteiger partial charge on any atom is 0.416 e. The van der Waals surface area contributed by atoms with Crippen LogP contribution in [-0.4, -0.2) is 10.9 Å². The van der Waals surface area contributed by atoms with Crippen molar-refractivity contribution in [1.29, 1.82) is 0 Å². The lowest BCUT2D eigenvalue weighted by Crippen LogP contribution is -2.30. The molecule has 1 aromatic carbocycles. The Morgan fingerprint density at radius 1 is 1.32 bits per heavy atom. The zero-order valence-electron chi connectivity index (χ0n) is 9.45. The number of nitrogens with one attached hydrogen (secondary N) is 1. The Kier molecular flexibility index (Phi) is 3.03. The minimum atomic E-state index is -4.49. The normalized spacial score (nSPS) is 11.6. The third-order valence-electron chi connectivity index (χ3n) is 2.61. The number of hydrogen-bond acceptors (Lipinski definition) is 4. The topological polar surface area (TPSA) is 94.0 Å². The molecular formula is C11H9F3N4O. The fourth-order valence-corrected chi connectivity index (χ4v) is 1.65. The number of halogens is 3. The van der Waals surface area contributed by atoms with Crippen molar-refractivity contribution in [3.63, 3.8) is 0 Å². The van der Waals surface area contributed by atoms with Gasteiger partial charge in [-0.2, -0.15) is 13.2 Å². The van der Waals surface area contributed by atoms with Gasteiger partial charge in [-0.05, 0) is 18.2 Å². The van der Waals surface area contributed by atoms with Gasteiger partial charge in [-0.3, -0.25) is 15.2 Å². The zero-order valence-corrected chi connectivity index (χ0v) is 9.45. The largest absolute Gasteiger partial charge is 0.416 e. The van der Waals surface area contributed by atoms with Gasteiger partial charge in [-0.25, -0.2) is 5.84 Å². The molecule has 0 aliphatic heterocycles.